The maximum atomic E-state index is 11.8. The minimum absolute atomic E-state index is 0.00657. The molecule has 1 heterocycles. The molecule has 6 nitrogen and oxygen atoms in total. The summed E-state index contributed by atoms with van der Waals surface area (Å²) in [5.41, 5.74) is 0.00657. The molecule has 0 radical (unpaired) electrons. The van der Waals surface area contributed by atoms with Gasteiger partial charge in [-0.1, -0.05) is 17.7 Å². The van der Waals surface area contributed by atoms with Gasteiger partial charge in [-0.15, -0.1) is 0 Å². The molecule has 0 atom stereocenters. The van der Waals surface area contributed by atoms with Crippen molar-refractivity contribution in [3.8, 4) is 5.75 Å². The third-order valence-corrected chi connectivity index (χ3v) is 3.60. The molecule has 8 heteroatoms. The lowest BCUT2D eigenvalue weighted by Gasteiger charge is -2.08. The Hall–Kier alpha value is -1.73. The zero-order chi connectivity index (χ0) is 12.5. The quantitative estimate of drug-likeness (QED) is 0.740. The summed E-state index contributed by atoms with van der Waals surface area (Å²) in [6.07, 6.45) is 1.31. The van der Waals surface area contributed by atoms with Crippen LogP contribution in [0.2, 0.25) is 5.02 Å². The summed E-state index contributed by atoms with van der Waals surface area (Å²) in [6.45, 7) is 0. The molecule has 0 saturated heterocycles. The predicted octanol–water partition coefficient (Wildman–Crippen LogP) is 1.57. The van der Waals surface area contributed by atoms with Crippen molar-refractivity contribution in [2.45, 2.75) is 5.03 Å². The van der Waals surface area contributed by atoms with E-state index in [-0.39, 0.29) is 21.5 Å². The number of phenolic OH excluding ortho intramolecular Hbond substituents is 1. The van der Waals surface area contributed by atoms with E-state index in [4.69, 9.17) is 11.6 Å². The fraction of sp³-hybridized carbons (Fsp3) is 0. The van der Waals surface area contributed by atoms with Gasteiger partial charge in [-0.2, -0.15) is 13.5 Å². The summed E-state index contributed by atoms with van der Waals surface area (Å²) in [4.78, 5) is 0. The van der Waals surface area contributed by atoms with Crippen LogP contribution in [0.1, 0.15) is 0 Å². The Balaban J connectivity index is 2.37. The van der Waals surface area contributed by atoms with Crippen molar-refractivity contribution in [1.29, 1.82) is 0 Å². The van der Waals surface area contributed by atoms with Gasteiger partial charge in [0.15, 0.2) is 10.8 Å². The number of phenols is 1. The Kier molecular flexibility index (Phi) is 2.95. The zero-order valence-electron chi connectivity index (χ0n) is 8.38. The number of H-pyrrole nitrogens is 1. The van der Waals surface area contributed by atoms with Gasteiger partial charge in [0.2, 0.25) is 0 Å². The van der Waals surface area contributed by atoms with E-state index in [2.05, 4.69) is 14.9 Å². The standard InChI is InChI=1S/C9H8ClN3O3S/c10-6-2-1-3-7(9(6)14)13-17(15,16)8-4-5-11-12-8/h1-5,13-14H,(H,11,12). The Morgan fingerprint density at radius 2 is 2.12 bits per heavy atom. The van der Waals surface area contributed by atoms with Gasteiger partial charge in [0, 0.05) is 0 Å². The number of sulfonamides is 1. The van der Waals surface area contributed by atoms with Crippen molar-refractivity contribution in [3.05, 3.63) is 35.5 Å². The minimum atomic E-state index is -3.80. The van der Waals surface area contributed by atoms with Crippen LogP contribution in [0.3, 0.4) is 0 Å². The molecule has 0 aliphatic carbocycles. The van der Waals surface area contributed by atoms with Gasteiger partial charge in [0.25, 0.3) is 10.0 Å². The number of para-hydroxylation sites is 1. The average Bonchev–Trinajstić information content (AvgIpc) is 2.78. The summed E-state index contributed by atoms with van der Waals surface area (Å²) in [6, 6.07) is 5.66. The van der Waals surface area contributed by atoms with Crippen LogP contribution < -0.4 is 4.72 Å². The van der Waals surface area contributed by atoms with E-state index in [0.717, 1.165) is 0 Å². The molecule has 0 unspecified atom stereocenters. The lowest BCUT2D eigenvalue weighted by atomic mass is 10.3. The summed E-state index contributed by atoms with van der Waals surface area (Å²) in [5, 5.41) is 15.4. The van der Waals surface area contributed by atoms with E-state index in [1.807, 2.05) is 0 Å². The number of benzene rings is 1. The molecule has 0 aliphatic rings. The first-order valence-electron chi connectivity index (χ1n) is 4.50. The number of hydrogen-bond donors (Lipinski definition) is 3. The highest BCUT2D eigenvalue weighted by Gasteiger charge is 2.17. The molecule has 1 aromatic heterocycles. The average molecular weight is 274 g/mol. The molecule has 0 aliphatic heterocycles. The van der Waals surface area contributed by atoms with Crippen LogP contribution in [0, 0.1) is 0 Å². The van der Waals surface area contributed by atoms with Crippen molar-refractivity contribution >= 4 is 27.3 Å². The number of halogens is 1. The molecule has 0 amide bonds. The predicted molar refractivity (Wildman–Crippen MR) is 62.5 cm³/mol. The van der Waals surface area contributed by atoms with Gasteiger partial charge < -0.3 is 5.11 Å². The SMILES string of the molecule is O=S(=O)(Nc1cccc(Cl)c1O)c1ccn[nH]1. The first-order chi connectivity index (χ1) is 8.00. The number of aromatic amines is 1. The fourth-order valence-electron chi connectivity index (χ4n) is 1.19. The van der Waals surface area contributed by atoms with Crippen molar-refractivity contribution < 1.29 is 13.5 Å². The summed E-state index contributed by atoms with van der Waals surface area (Å²) >= 11 is 5.66. The lowest BCUT2D eigenvalue weighted by Crippen LogP contribution is -2.13. The number of rotatable bonds is 3. The van der Waals surface area contributed by atoms with E-state index >= 15 is 0 Å². The smallest absolute Gasteiger partial charge is 0.278 e. The van der Waals surface area contributed by atoms with E-state index in [1.54, 1.807) is 0 Å². The largest absolute Gasteiger partial charge is 0.504 e. The molecule has 2 aromatic rings. The number of aromatic nitrogens is 2. The Labute approximate surface area is 102 Å². The first-order valence-corrected chi connectivity index (χ1v) is 6.36. The molecular weight excluding hydrogens is 266 g/mol. The van der Waals surface area contributed by atoms with Crippen molar-refractivity contribution in [2.75, 3.05) is 4.72 Å². The van der Waals surface area contributed by atoms with Crippen molar-refractivity contribution in [1.82, 2.24) is 10.2 Å². The molecule has 90 valence electrons. The number of nitrogens with zero attached hydrogens (tertiary/aromatic N) is 1. The number of anilines is 1. The van der Waals surface area contributed by atoms with Gasteiger partial charge in [-0.3, -0.25) is 9.82 Å². The highest BCUT2D eigenvalue weighted by atomic mass is 35.5. The van der Waals surface area contributed by atoms with Crippen LogP contribution in [0.15, 0.2) is 35.5 Å². The Morgan fingerprint density at radius 1 is 1.35 bits per heavy atom. The monoisotopic (exact) mass is 273 g/mol. The van der Waals surface area contributed by atoms with Gasteiger partial charge >= 0.3 is 0 Å². The van der Waals surface area contributed by atoms with E-state index < -0.39 is 10.0 Å². The maximum Gasteiger partial charge on any atom is 0.278 e. The molecule has 2 rings (SSSR count). The lowest BCUT2D eigenvalue weighted by molar-refractivity contribution is 0.478. The molecule has 0 spiro atoms. The van der Waals surface area contributed by atoms with E-state index in [0.29, 0.717) is 0 Å². The normalized spacial score (nSPS) is 11.4. The summed E-state index contributed by atoms with van der Waals surface area (Å²) in [7, 11) is -3.80. The molecular formula is C9H8ClN3O3S. The second-order valence-corrected chi connectivity index (χ2v) is 5.22. The fourth-order valence-corrected chi connectivity index (χ4v) is 2.34. The maximum absolute atomic E-state index is 11.8. The number of aromatic hydroxyl groups is 1. The molecule has 0 bridgehead atoms. The third kappa shape index (κ3) is 2.34. The summed E-state index contributed by atoms with van der Waals surface area (Å²) < 4.78 is 25.8. The van der Waals surface area contributed by atoms with Gasteiger partial charge in [0.05, 0.1) is 16.9 Å². The highest BCUT2D eigenvalue weighted by Crippen LogP contribution is 2.32. The molecule has 0 fully saturated rings. The van der Waals surface area contributed by atoms with Gasteiger partial charge in [0.1, 0.15) is 0 Å². The van der Waals surface area contributed by atoms with E-state index in [9.17, 15) is 13.5 Å². The summed E-state index contributed by atoms with van der Waals surface area (Å²) in [5.74, 6) is -0.322. The van der Waals surface area contributed by atoms with Crippen molar-refractivity contribution in [2.24, 2.45) is 0 Å². The second-order valence-electron chi connectivity index (χ2n) is 3.16. The topological polar surface area (TPSA) is 95.1 Å². The number of hydrogen-bond acceptors (Lipinski definition) is 4. The Morgan fingerprint density at radius 3 is 2.76 bits per heavy atom. The minimum Gasteiger partial charge on any atom is -0.504 e. The van der Waals surface area contributed by atoms with Gasteiger partial charge in [-0.25, -0.2) is 0 Å². The number of nitrogens with one attached hydrogen (secondary N) is 2. The van der Waals surface area contributed by atoms with Crippen LogP contribution in [0.4, 0.5) is 5.69 Å². The molecule has 1 aromatic carbocycles. The Bertz CT molecular complexity index is 625. The first kappa shape index (κ1) is 11.7. The van der Waals surface area contributed by atoms with Gasteiger partial charge in [-0.05, 0) is 18.2 Å². The molecule has 17 heavy (non-hydrogen) atoms. The van der Waals surface area contributed by atoms with Crippen LogP contribution >= 0.6 is 11.6 Å². The molecule has 3 N–H and O–H groups in total. The van der Waals surface area contributed by atoms with Crippen LogP contribution in [-0.2, 0) is 10.0 Å². The molecule has 0 saturated carbocycles. The van der Waals surface area contributed by atoms with Crippen molar-refractivity contribution in [3.63, 3.8) is 0 Å². The second kappa shape index (κ2) is 4.27. The highest BCUT2D eigenvalue weighted by molar-refractivity contribution is 7.92. The van der Waals surface area contributed by atoms with Crippen LogP contribution in [0.25, 0.3) is 0 Å². The van der Waals surface area contributed by atoms with Crippen LogP contribution in [-0.4, -0.2) is 23.7 Å². The van der Waals surface area contributed by atoms with Crippen LogP contribution in [0.5, 0.6) is 5.75 Å². The third-order valence-electron chi connectivity index (χ3n) is 2.00. The zero-order valence-corrected chi connectivity index (χ0v) is 9.96. The van der Waals surface area contributed by atoms with E-state index in [1.165, 1.54) is 30.5 Å².